The number of aromatic nitrogens is 3. The van der Waals surface area contributed by atoms with Crippen molar-refractivity contribution >= 4 is 29.2 Å². The monoisotopic (exact) mass is 269 g/mol. The number of thiazole rings is 1. The minimum absolute atomic E-state index is 0.339. The van der Waals surface area contributed by atoms with Gasteiger partial charge < -0.3 is 0 Å². The molecule has 4 nitrogen and oxygen atoms in total. The van der Waals surface area contributed by atoms with Crippen LogP contribution < -0.4 is 0 Å². The molecule has 0 fully saturated rings. The third-order valence-electron chi connectivity index (χ3n) is 2.26. The Morgan fingerprint density at radius 1 is 1.59 bits per heavy atom. The third kappa shape index (κ3) is 2.40. The van der Waals surface area contributed by atoms with Crippen molar-refractivity contribution in [1.82, 2.24) is 14.8 Å². The van der Waals surface area contributed by atoms with E-state index in [1.807, 2.05) is 5.38 Å². The van der Waals surface area contributed by atoms with E-state index in [2.05, 4.69) is 23.9 Å². The van der Waals surface area contributed by atoms with E-state index >= 15 is 0 Å². The van der Waals surface area contributed by atoms with Crippen LogP contribution >= 0.6 is 22.9 Å². The van der Waals surface area contributed by atoms with Gasteiger partial charge in [0.1, 0.15) is 5.15 Å². The molecule has 0 bridgehead atoms. The molecular formula is C11H12ClN3OS. The number of hydrogen-bond donors (Lipinski definition) is 0. The molecule has 2 aromatic rings. The maximum absolute atomic E-state index is 11.1. The first-order valence-corrected chi connectivity index (χ1v) is 6.51. The largest absolute Gasteiger partial charge is 0.298 e. The lowest BCUT2D eigenvalue weighted by molar-refractivity contribution is 0.112. The molecule has 0 aliphatic heterocycles. The number of carbonyl (C=O) groups is 1. The van der Waals surface area contributed by atoms with E-state index in [0.717, 1.165) is 18.4 Å². The van der Waals surface area contributed by atoms with Gasteiger partial charge in [-0.3, -0.25) is 4.79 Å². The zero-order valence-corrected chi connectivity index (χ0v) is 11.1. The van der Waals surface area contributed by atoms with E-state index in [-0.39, 0.29) is 0 Å². The lowest BCUT2D eigenvalue weighted by Crippen LogP contribution is -1.99. The summed E-state index contributed by atoms with van der Waals surface area (Å²) in [5, 5.41) is 7.22. The van der Waals surface area contributed by atoms with Crippen molar-refractivity contribution in [1.29, 1.82) is 0 Å². The van der Waals surface area contributed by atoms with Crippen LogP contribution in [-0.2, 0) is 6.42 Å². The van der Waals surface area contributed by atoms with E-state index in [9.17, 15) is 4.79 Å². The smallest absolute Gasteiger partial charge is 0.211 e. The zero-order chi connectivity index (χ0) is 12.4. The minimum atomic E-state index is 0.339. The molecule has 6 heteroatoms. The van der Waals surface area contributed by atoms with Gasteiger partial charge in [-0.05, 0) is 12.3 Å². The van der Waals surface area contributed by atoms with Crippen LogP contribution in [0.2, 0.25) is 5.15 Å². The first-order chi connectivity index (χ1) is 8.13. The molecule has 17 heavy (non-hydrogen) atoms. The van der Waals surface area contributed by atoms with Crippen LogP contribution in [0.15, 0.2) is 11.6 Å². The van der Waals surface area contributed by atoms with Crippen LogP contribution in [0, 0.1) is 5.92 Å². The molecule has 2 rings (SSSR count). The molecule has 2 aromatic heterocycles. The Hall–Kier alpha value is -1.20. The number of hydrogen-bond acceptors (Lipinski definition) is 4. The summed E-state index contributed by atoms with van der Waals surface area (Å²) < 4.78 is 1.52. The second kappa shape index (κ2) is 4.98. The number of aldehydes is 1. The van der Waals surface area contributed by atoms with Crippen molar-refractivity contribution in [2.24, 2.45) is 5.92 Å². The molecule has 0 aromatic carbocycles. The fourth-order valence-corrected chi connectivity index (χ4v) is 2.47. The topological polar surface area (TPSA) is 47.8 Å². The van der Waals surface area contributed by atoms with Crippen molar-refractivity contribution < 1.29 is 4.79 Å². The molecular weight excluding hydrogens is 258 g/mol. The highest BCUT2D eigenvalue weighted by molar-refractivity contribution is 7.12. The summed E-state index contributed by atoms with van der Waals surface area (Å²) >= 11 is 7.57. The Kier molecular flexibility index (Phi) is 3.59. The molecule has 0 radical (unpaired) electrons. The maximum atomic E-state index is 11.1. The van der Waals surface area contributed by atoms with Crippen LogP contribution in [0.5, 0.6) is 0 Å². The predicted molar refractivity (Wildman–Crippen MR) is 68.2 cm³/mol. The Morgan fingerprint density at radius 3 is 2.88 bits per heavy atom. The van der Waals surface area contributed by atoms with Crippen molar-refractivity contribution in [3.63, 3.8) is 0 Å². The van der Waals surface area contributed by atoms with Gasteiger partial charge in [0.05, 0.1) is 11.3 Å². The van der Waals surface area contributed by atoms with Gasteiger partial charge >= 0.3 is 0 Å². The van der Waals surface area contributed by atoms with E-state index in [1.165, 1.54) is 16.0 Å². The Balaban J connectivity index is 2.48. The fourth-order valence-electron chi connectivity index (χ4n) is 1.55. The summed E-state index contributed by atoms with van der Waals surface area (Å²) in [5.74, 6) is 0.421. The van der Waals surface area contributed by atoms with Crippen molar-refractivity contribution in [2.75, 3.05) is 0 Å². The Bertz CT molecular complexity index is 519. The molecule has 90 valence electrons. The molecule has 0 aliphatic rings. The van der Waals surface area contributed by atoms with Crippen LogP contribution in [-0.4, -0.2) is 21.1 Å². The summed E-state index contributed by atoms with van der Waals surface area (Å²) in [6.45, 7) is 4.15. The van der Waals surface area contributed by atoms with Gasteiger partial charge in [-0.25, -0.2) is 4.98 Å². The van der Waals surface area contributed by atoms with Gasteiger partial charge in [0.25, 0.3) is 0 Å². The first kappa shape index (κ1) is 12.3. The SMILES string of the molecule is CC(C)Cc1nn(-c2nccs2)c(Cl)c1C=O. The van der Waals surface area contributed by atoms with E-state index in [1.54, 1.807) is 6.20 Å². The number of nitrogens with zero attached hydrogens (tertiary/aromatic N) is 3. The first-order valence-electron chi connectivity index (χ1n) is 5.26. The lowest BCUT2D eigenvalue weighted by Gasteiger charge is -2.00. The van der Waals surface area contributed by atoms with Crippen molar-refractivity contribution in [3.8, 4) is 5.13 Å². The molecule has 0 N–H and O–H groups in total. The quantitative estimate of drug-likeness (QED) is 0.802. The number of rotatable bonds is 4. The molecule has 2 heterocycles. The van der Waals surface area contributed by atoms with Crippen LogP contribution in [0.25, 0.3) is 5.13 Å². The molecule has 0 amide bonds. The van der Waals surface area contributed by atoms with E-state index in [4.69, 9.17) is 11.6 Å². The highest BCUT2D eigenvalue weighted by Gasteiger charge is 2.18. The second-order valence-corrected chi connectivity index (χ2v) is 5.32. The Morgan fingerprint density at radius 2 is 2.35 bits per heavy atom. The summed E-state index contributed by atoms with van der Waals surface area (Å²) in [4.78, 5) is 15.2. The van der Waals surface area contributed by atoms with Gasteiger partial charge in [-0.1, -0.05) is 25.4 Å². The molecule has 0 aliphatic carbocycles. The summed E-state index contributed by atoms with van der Waals surface area (Å²) in [6.07, 6.45) is 3.17. The zero-order valence-electron chi connectivity index (χ0n) is 9.55. The van der Waals surface area contributed by atoms with Gasteiger partial charge in [-0.2, -0.15) is 9.78 Å². The fraction of sp³-hybridized carbons (Fsp3) is 0.364. The normalized spacial score (nSPS) is 11.1. The molecule has 0 saturated heterocycles. The Labute approximate surface area is 108 Å². The standard InChI is InChI=1S/C11H12ClN3OS/c1-7(2)5-9-8(6-16)10(12)15(14-9)11-13-3-4-17-11/h3-4,6-7H,5H2,1-2H3. The van der Waals surface area contributed by atoms with Gasteiger partial charge in [-0.15, -0.1) is 11.3 Å². The van der Waals surface area contributed by atoms with E-state index < -0.39 is 0 Å². The molecule has 0 atom stereocenters. The predicted octanol–water partition coefficient (Wildman–Crippen LogP) is 2.99. The van der Waals surface area contributed by atoms with E-state index in [0.29, 0.717) is 21.8 Å². The highest BCUT2D eigenvalue weighted by atomic mass is 35.5. The number of carbonyl (C=O) groups excluding carboxylic acids is 1. The lowest BCUT2D eigenvalue weighted by atomic mass is 10.1. The van der Waals surface area contributed by atoms with Crippen LogP contribution in [0.4, 0.5) is 0 Å². The highest BCUT2D eigenvalue weighted by Crippen LogP contribution is 2.24. The summed E-state index contributed by atoms with van der Waals surface area (Å²) in [6, 6.07) is 0. The van der Waals surface area contributed by atoms with Crippen molar-refractivity contribution in [2.45, 2.75) is 20.3 Å². The van der Waals surface area contributed by atoms with Gasteiger partial charge in [0.15, 0.2) is 6.29 Å². The molecule has 0 saturated carbocycles. The number of halogens is 1. The summed E-state index contributed by atoms with van der Waals surface area (Å²) in [7, 11) is 0. The molecule has 0 unspecified atom stereocenters. The average molecular weight is 270 g/mol. The van der Waals surface area contributed by atoms with Crippen LogP contribution in [0.1, 0.15) is 29.9 Å². The van der Waals surface area contributed by atoms with Crippen LogP contribution in [0.3, 0.4) is 0 Å². The second-order valence-electron chi connectivity index (χ2n) is 4.09. The summed E-state index contributed by atoms with van der Waals surface area (Å²) in [5.41, 5.74) is 1.20. The molecule has 0 spiro atoms. The van der Waals surface area contributed by atoms with Gasteiger partial charge in [0.2, 0.25) is 5.13 Å². The third-order valence-corrected chi connectivity index (χ3v) is 3.37. The van der Waals surface area contributed by atoms with Crippen molar-refractivity contribution in [3.05, 3.63) is 28.0 Å². The maximum Gasteiger partial charge on any atom is 0.211 e. The average Bonchev–Trinajstić information content (AvgIpc) is 2.86. The minimum Gasteiger partial charge on any atom is -0.298 e. The van der Waals surface area contributed by atoms with Gasteiger partial charge in [0, 0.05) is 11.6 Å².